The predicted molar refractivity (Wildman–Crippen MR) is 82.2 cm³/mol. The maximum absolute atomic E-state index is 13.1. The van der Waals surface area contributed by atoms with E-state index in [0.717, 1.165) is 5.57 Å². The van der Waals surface area contributed by atoms with Gasteiger partial charge in [0, 0.05) is 13.5 Å². The van der Waals surface area contributed by atoms with Crippen LogP contribution in [0.25, 0.3) is 0 Å². The lowest BCUT2D eigenvalue weighted by Crippen LogP contribution is -2.76. The van der Waals surface area contributed by atoms with E-state index in [1.54, 1.807) is 22.9 Å². The molecule has 4 aliphatic heterocycles. The number of rotatable bonds is 1. The minimum atomic E-state index is -0.878. The lowest BCUT2D eigenvalue weighted by molar-refractivity contribution is -0.166. The number of hydrogen-bond acceptors (Lipinski definition) is 5. The van der Waals surface area contributed by atoms with Crippen LogP contribution in [0.1, 0.15) is 19.8 Å². The molecule has 21 heavy (non-hydrogen) atoms. The third-order valence-corrected chi connectivity index (χ3v) is 8.76. The van der Waals surface area contributed by atoms with E-state index in [2.05, 4.69) is 0 Å². The van der Waals surface area contributed by atoms with Crippen LogP contribution in [0.5, 0.6) is 0 Å². The number of aliphatic hydroxyl groups excluding tert-OH is 1. The quantitative estimate of drug-likeness (QED) is 0.732. The van der Waals surface area contributed by atoms with E-state index in [9.17, 15) is 14.7 Å². The molecule has 0 aromatic rings. The van der Waals surface area contributed by atoms with Gasteiger partial charge in [-0.1, -0.05) is 46.7 Å². The first kappa shape index (κ1) is 13.7. The molecule has 4 heterocycles. The van der Waals surface area contributed by atoms with E-state index in [1.165, 1.54) is 21.6 Å². The smallest absolute Gasteiger partial charge is 0.262 e. The van der Waals surface area contributed by atoms with Crippen LogP contribution in [-0.4, -0.2) is 55.7 Å². The summed E-state index contributed by atoms with van der Waals surface area (Å²) in [5, 5.41) is 10.3. The Balaban J connectivity index is 1.90. The molecule has 4 saturated heterocycles. The van der Waals surface area contributed by atoms with Gasteiger partial charge in [0.05, 0.1) is 12.1 Å². The van der Waals surface area contributed by atoms with Crippen molar-refractivity contribution in [2.24, 2.45) is 0 Å². The summed E-state index contributed by atoms with van der Waals surface area (Å²) >= 11 is 0. The van der Waals surface area contributed by atoms with Crippen LogP contribution in [0.2, 0.25) is 0 Å². The second-order valence-electron chi connectivity index (χ2n) is 5.87. The summed E-state index contributed by atoms with van der Waals surface area (Å²) in [5.74, 6) is -0.0613. The Morgan fingerprint density at radius 3 is 2.86 bits per heavy atom. The average Bonchev–Trinajstić information content (AvgIpc) is 2.83. The molecule has 0 aromatic heterocycles. The number of piperazine rings is 1. The van der Waals surface area contributed by atoms with Gasteiger partial charge >= 0.3 is 0 Å². The van der Waals surface area contributed by atoms with Crippen molar-refractivity contribution in [3.05, 3.63) is 23.8 Å². The number of likely N-dealkylation sites (N-methyl/N-ethyl adjacent to an activating group) is 1. The van der Waals surface area contributed by atoms with Gasteiger partial charge in [0.1, 0.15) is 0 Å². The zero-order chi connectivity index (χ0) is 15.0. The van der Waals surface area contributed by atoms with Crippen LogP contribution in [-0.2, 0) is 9.59 Å². The lowest BCUT2D eigenvalue weighted by Gasteiger charge is -2.58. The number of amides is 2. The highest BCUT2D eigenvalue weighted by Gasteiger charge is 2.72. The fraction of sp³-hybridized carbons (Fsp3) is 0.571. The maximum Gasteiger partial charge on any atom is 0.262 e. The summed E-state index contributed by atoms with van der Waals surface area (Å²) in [4.78, 5) is 27.6. The van der Waals surface area contributed by atoms with Gasteiger partial charge in [-0.3, -0.25) is 9.59 Å². The number of allylic oxidation sites excluding steroid dienone is 2. The molecule has 112 valence electrons. The summed E-state index contributed by atoms with van der Waals surface area (Å²) in [7, 11) is 4.71. The lowest BCUT2D eigenvalue weighted by atomic mass is 9.97. The highest BCUT2D eigenvalue weighted by molar-refractivity contribution is 8.78. The summed E-state index contributed by atoms with van der Waals surface area (Å²) in [6.07, 6.45) is 5.77. The fourth-order valence-corrected chi connectivity index (χ4v) is 7.62. The second-order valence-corrected chi connectivity index (χ2v) is 8.55. The number of nitrogens with zero attached hydrogens (tertiary/aromatic N) is 2. The molecule has 4 atom stereocenters. The Morgan fingerprint density at radius 2 is 2.14 bits per heavy atom. The minimum absolute atomic E-state index is 0.0183. The summed E-state index contributed by atoms with van der Waals surface area (Å²) in [5.41, 5.74) is 0.974. The van der Waals surface area contributed by atoms with Gasteiger partial charge in [0.15, 0.2) is 9.74 Å². The molecular weight excluding hydrogens is 308 g/mol. The van der Waals surface area contributed by atoms with Crippen molar-refractivity contribution in [1.82, 2.24) is 9.80 Å². The number of fused-ring (bicyclic) bond motifs is 3. The van der Waals surface area contributed by atoms with Crippen molar-refractivity contribution >= 4 is 33.4 Å². The fourth-order valence-electron chi connectivity index (χ4n) is 3.79. The Hall–Kier alpha value is -0.920. The Kier molecular flexibility index (Phi) is 2.67. The van der Waals surface area contributed by atoms with Gasteiger partial charge in [-0.2, -0.15) is 0 Å². The third kappa shape index (κ3) is 1.36. The van der Waals surface area contributed by atoms with E-state index in [4.69, 9.17) is 0 Å². The monoisotopic (exact) mass is 324 g/mol. The standard InChI is InChI=1S/C14H16N2O3S2/c1-3-13-12(19)16-10-8(5-4-6-9(10)17)7-14(16,21-20-13)11(18)15(13)2/h4-6,9-10,17H,3,7H2,1-2H3/t9-,10?,13+,14+/m0/s1. The van der Waals surface area contributed by atoms with Gasteiger partial charge < -0.3 is 14.9 Å². The highest BCUT2D eigenvalue weighted by atomic mass is 33.1. The van der Waals surface area contributed by atoms with Crippen molar-refractivity contribution in [3.63, 3.8) is 0 Å². The maximum atomic E-state index is 13.1. The van der Waals surface area contributed by atoms with Gasteiger partial charge in [0.25, 0.3) is 11.8 Å². The first-order valence-electron chi connectivity index (χ1n) is 7.02. The molecule has 1 unspecified atom stereocenters. The van der Waals surface area contributed by atoms with E-state index < -0.39 is 15.8 Å². The summed E-state index contributed by atoms with van der Waals surface area (Å²) < 4.78 is 0. The number of hydrogen-bond donors (Lipinski definition) is 1. The molecule has 7 heteroatoms. The van der Waals surface area contributed by atoms with E-state index in [0.29, 0.717) is 12.8 Å². The molecule has 1 spiro atoms. The van der Waals surface area contributed by atoms with Gasteiger partial charge in [-0.05, 0) is 12.0 Å². The molecule has 0 radical (unpaired) electrons. The first-order chi connectivity index (χ1) is 9.98. The van der Waals surface area contributed by atoms with Gasteiger partial charge in [-0.15, -0.1) is 0 Å². The molecule has 2 amide bonds. The molecule has 5 rings (SSSR count). The van der Waals surface area contributed by atoms with Crippen molar-refractivity contribution in [2.45, 2.75) is 41.7 Å². The molecule has 1 N–H and O–H groups in total. The molecule has 5 nitrogen and oxygen atoms in total. The predicted octanol–water partition coefficient (Wildman–Crippen LogP) is 1.11. The summed E-state index contributed by atoms with van der Waals surface area (Å²) in [6.45, 7) is 1.93. The van der Waals surface area contributed by atoms with Crippen LogP contribution in [0, 0.1) is 0 Å². The Labute approximate surface area is 130 Å². The zero-order valence-electron chi connectivity index (χ0n) is 11.8. The van der Waals surface area contributed by atoms with Crippen molar-refractivity contribution in [1.29, 1.82) is 0 Å². The number of carbonyl (C=O) groups is 2. The average molecular weight is 324 g/mol. The second kappa shape index (κ2) is 4.08. The van der Waals surface area contributed by atoms with Crippen LogP contribution in [0.3, 0.4) is 0 Å². The van der Waals surface area contributed by atoms with Crippen LogP contribution < -0.4 is 0 Å². The van der Waals surface area contributed by atoms with E-state index in [1.807, 2.05) is 19.1 Å². The number of carbonyl (C=O) groups excluding carboxylic acids is 2. The largest absolute Gasteiger partial charge is 0.387 e. The van der Waals surface area contributed by atoms with Crippen LogP contribution in [0.15, 0.2) is 23.8 Å². The number of aliphatic hydroxyl groups is 1. The highest BCUT2D eigenvalue weighted by Crippen LogP contribution is 2.65. The van der Waals surface area contributed by atoms with E-state index >= 15 is 0 Å². The molecule has 0 aromatic carbocycles. The van der Waals surface area contributed by atoms with Gasteiger partial charge in [0.2, 0.25) is 0 Å². The zero-order valence-corrected chi connectivity index (χ0v) is 13.4. The minimum Gasteiger partial charge on any atom is -0.387 e. The summed E-state index contributed by atoms with van der Waals surface area (Å²) in [6, 6.07) is -0.389. The van der Waals surface area contributed by atoms with Crippen molar-refractivity contribution in [3.8, 4) is 0 Å². The molecule has 1 aliphatic carbocycles. The third-order valence-electron chi connectivity index (χ3n) is 4.96. The van der Waals surface area contributed by atoms with Crippen LogP contribution >= 0.6 is 21.6 Å². The van der Waals surface area contributed by atoms with Crippen LogP contribution in [0.4, 0.5) is 0 Å². The Bertz CT molecular complexity index is 619. The van der Waals surface area contributed by atoms with Crippen molar-refractivity contribution in [2.75, 3.05) is 7.05 Å². The van der Waals surface area contributed by atoms with E-state index in [-0.39, 0.29) is 17.9 Å². The molecular formula is C14H16N2O3S2. The first-order valence-corrected chi connectivity index (χ1v) is 9.17. The molecule has 0 saturated carbocycles. The topological polar surface area (TPSA) is 60.9 Å². The molecule has 4 fully saturated rings. The molecule has 5 aliphatic rings. The van der Waals surface area contributed by atoms with Gasteiger partial charge in [-0.25, -0.2) is 0 Å². The van der Waals surface area contributed by atoms with Crippen molar-refractivity contribution < 1.29 is 14.7 Å². The Morgan fingerprint density at radius 1 is 1.38 bits per heavy atom. The normalized spacial score (nSPS) is 44.0. The SMILES string of the molecule is CC[C@@]12SS[C@]3(CC4=CC=C[C@H](O)C4N3C1=O)C(=O)N2C. The molecule has 2 bridgehead atoms.